The molecule has 5 nitrogen and oxygen atoms in total. The average Bonchev–Trinajstić information content (AvgIpc) is 2.25. The van der Waals surface area contributed by atoms with Gasteiger partial charge in [0.25, 0.3) is 5.91 Å². The van der Waals surface area contributed by atoms with E-state index in [-0.39, 0.29) is 21.4 Å². The lowest BCUT2D eigenvalue weighted by Crippen LogP contribution is -2.26. The predicted molar refractivity (Wildman–Crippen MR) is 65.5 cm³/mol. The second kappa shape index (κ2) is 5.03. The van der Waals surface area contributed by atoms with Crippen LogP contribution >= 0.6 is 11.6 Å². The highest BCUT2D eigenvalue weighted by Crippen LogP contribution is 2.19. The minimum Gasteiger partial charge on any atom is -0.342 e. The van der Waals surface area contributed by atoms with Gasteiger partial charge in [0.1, 0.15) is 0 Å². The molecule has 1 aromatic rings. The zero-order valence-electron chi connectivity index (χ0n) is 9.47. The Bertz CT molecular complexity index is 542. The SMILES string of the molecule is CCN(C)C(=O)c1cc(Cl)cc(S(N)(=O)=O)c1. The molecule has 0 aliphatic carbocycles. The van der Waals surface area contributed by atoms with Crippen molar-refractivity contribution in [3.05, 3.63) is 28.8 Å². The van der Waals surface area contributed by atoms with E-state index < -0.39 is 10.0 Å². The van der Waals surface area contributed by atoms with E-state index >= 15 is 0 Å². The summed E-state index contributed by atoms with van der Waals surface area (Å²) < 4.78 is 22.4. The molecule has 94 valence electrons. The van der Waals surface area contributed by atoms with E-state index in [0.29, 0.717) is 6.54 Å². The molecule has 0 aliphatic heterocycles. The first-order chi connectivity index (χ1) is 7.75. The molecule has 1 rings (SSSR count). The van der Waals surface area contributed by atoms with E-state index in [1.165, 1.54) is 23.1 Å². The summed E-state index contributed by atoms with van der Waals surface area (Å²) in [5.41, 5.74) is 0.200. The summed E-state index contributed by atoms with van der Waals surface area (Å²) in [5, 5.41) is 5.15. The molecule has 0 heterocycles. The molecule has 1 aromatic carbocycles. The number of halogens is 1. The van der Waals surface area contributed by atoms with Crippen molar-refractivity contribution in [3.8, 4) is 0 Å². The van der Waals surface area contributed by atoms with Crippen LogP contribution in [0.3, 0.4) is 0 Å². The molecule has 2 N–H and O–H groups in total. The average molecular weight is 277 g/mol. The molecule has 17 heavy (non-hydrogen) atoms. The molecular weight excluding hydrogens is 264 g/mol. The van der Waals surface area contributed by atoms with Crippen molar-refractivity contribution in [1.82, 2.24) is 4.90 Å². The van der Waals surface area contributed by atoms with Gasteiger partial charge in [-0.2, -0.15) is 0 Å². The van der Waals surface area contributed by atoms with Crippen LogP contribution in [0.4, 0.5) is 0 Å². The van der Waals surface area contributed by atoms with Crippen molar-refractivity contribution in [3.63, 3.8) is 0 Å². The number of carbonyl (C=O) groups is 1. The molecule has 0 aromatic heterocycles. The molecule has 0 spiro atoms. The summed E-state index contributed by atoms with van der Waals surface area (Å²) in [7, 11) is -2.26. The molecule has 0 unspecified atom stereocenters. The van der Waals surface area contributed by atoms with Crippen molar-refractivity contribution in [1.29, 1.82) is 0 Å². The zero-order valence-corrected chi connectivity index (χ0v) is 11.0. The Morgan fingerprint density at radius 2 is 2.00 bits per heavy atom. The number of hydrogen-bond acceptors (Lipinski definition) is 3. The number of sulfonamides is 1. The van der Waals surface area contributed by atoms with Gasteiger partial charge in [0.05, 0.1) is 4.90 Å². The van der Waals surface area contributed by atoms with Crippen molar-refractivity contribution < 1.29 is 13.2 Å². The molecule has 0 radical (unpaired) electrons. The zero-order chi connectivity index (χ0) is 13.2. The Hall–Kier alpha value is -1.11. The smallest absolute Gasteiger partial charge is 0.253 e. The molecule has 0 atom stereocenters. The van der Waals surface area contributed by atoms with E-state index in [0.717, 1.165) is 0 Å². The molecular formula is C10H13ClN2O3S. The van der Waals surface area contributed by atoms with Gasteiger partial charge in [0, 0.05) is 24.2 Å². The van der Waals surface area contributed by atoms with Gasteiger partial charge in [0.2, 0.25) is 10.0 Å². The normalized spacial score (nSPS) is 11.3. The maximum absolute atomic E-state index is 11.8. The molecule has 0 bridgehead atoms. The van der Waals surface area contributed by atoms with Crippen molar-refractivity contribution >= 4 is 27.5 Å². The predicted octanol–water partition coefficient (Wildman–Crippen LogP) is 1.08. The van der Waals surface area contributed by atoms with Crippen LogP contribution in [0.25, 0.3) is 0 Å². The molecule has 7 heteroatoms. The Morgan fingerprint density at radius 3 is 2.47 bits per heavy atom. The van der Waals surface area contributed by atoms with E-state index in [9.17, 15) is 13.2 Å². The van der Waals surface area contributed by atoms with Gasteiger partial charge in [-0.1, -0.05) is 11.6 Å². The van der Waals surface area contributed by atoms with Crippen LogP contribution in [0.15, 0.2) is 23.1 Å². The monoisotopic (exact) mass is 276 g/mol. The highest BCUT2D eigenvalue weighted by atomic mass is 35.5. The fourth-order valence-corrected chi connectivity index (χ4v) is 2.10. The first-order valence-electron chi connectivity index (χ1n) is 4.84. The summed E-state index contributed by atoms with van der Waals surface area (Å²) >= 11 is 5.76. The van der Waals surface area contributed by atoms with Gasteiger partial charge in [-0.15, -0.1) is 0 Å². The molecule has 0 fully saturated rings. The van der Waals surface area contributed by atoms with Gasteiger partial charge in [-0.25, -0.2) is 13.6 Å². The van der Waals surface area contributed by atoms with Crippen LogP contribution in [0.5, 0.6) is 0 Å². The first-order valence-corrected chi connectivity index (χ1v) is 6.77. The third-order valence-corrected chi connectivity index (χ3v) is 3.38. The second-order valence-corrected chi connectivity index (χ2v) is 5.54. The number of amides is 1. The minimum atomic E-state index is -3.87. The van der Waals surface area contributed by atoms with E-state index in [1.807, 2.05) is 6.92 Å². The minimum absolute atomic E-state index is 0.157. The summed E-state index contributed by atoms with van der Waals surface area (Å²) in [5.74, 6) is -0.306. The standard InChI is InChI=1S/C10H13ClN2O3S/c1-3-13(2)10(14)7-4-8(11)6-9(5-7)17(12,15)16/h4-6H,3H2,1-2H3,(H2,12,15,16). The van der Waals surface area contributed by atoms with Crippen LogP contribution in [-0.2, 0) is 10.0 Å². The van der Waals surface area contributed by atoms with Gasteiger partial charge >= 0.3 is 0 Å². The second-order valence-electron chi connectivity index (χ2n) is 3.54. The topological polar surface area (TPSA) is 80.5 Å². The van der Waals surface area contributed by atoms with E-state index in [1.54, 1.807) is 7.05 Å². The Labute approximate surface area is 105 Å². The van der Waals surface area contributed by atoms with E-state index in [4.69, 9.17) is 16.7 Å². The van der Waals surface area contributed by atoms with Crippen molar-refractivity contribution in [2.75, 3.05) is 13.6 Å². The van der Waals surface area contributed by atoms with Crippen LogP contribution in [0, 0.1) is 0 Å². The Balaban J connectivity index is 3.28. The quantitative estimate of drug-likeness (QED) is 0.897. The molecule has 0 aliphatic rings. The maximum atomic E-state index is 11.8. The number of nitrogens with two attached hydrogens (primary N) is 1. The summed E-state index contributed by atoms with van der Waals surface area (Å²) in [6, 6.07) is 3.83. The van der Waals surface area contributed by atoms with Gasteiger partial charge in [-0.3, -0.25) is 4.79 Å². The number of carbonyl (C=O) groups excluding carboxylic acids is 1. The molecule has 1 amide bonds. The summed E-state index contributed by atoms with van der Waals surface area (Å²) in [6.45, 7) is 2.32. The Kier molecular flexibility index (Phi) is 4.13. The van der Waals surface area contributed by atoms with Crippen LogP contribution < -0.4 is 5.14 Å². The lowest BCUT2D eigenvalue weighted by molar-refractivity contribution is 0.0802. The lowest BCUT2D eigenvalue weighted by Gasteiger charge is -2.15. The van der Waals surface area contributed by atoms with Crippen LogP contribution in [0.2, 0.25) is 5.02 Å². The maximum Gasteiger partial charge on any atom is 0.253 e. The highest BCUT2D eigenvalue weighted by Gasteiger charge is 2.16. The number of nitrogens with zero attached hydrogens (tertiary/aromatic N) is 1. The molecule has 0 saturated heterocycles. The lowest BCUT2D eigenvalue weighted by atomic mass is 10.2. The molecule has 0 saturated carbocycles. The highest BCUT2D eigenvalue weighted by molar-refractivity contribution is 7.89. The van der Waals surface area contributed by atoms with Crippen molar-refractivity contribution in [2.45, 2.75) is 11.8 Å². The number of hydrogen-bond donors (Lipinski definition) is 1. The van der Waals surface area contributed by atoms with Gasteiger partial charge in [-0.05, 0) is 25.1 Å². The largest absolute Gasteiger partial charge is 0.342 e. The third-order valence-electron chi connectivity index (χ3n) is 2.27. The number of primary sulfonamides is 1. The van der Waals surface area contributed by atoms with Crippen molar-refractivity contribution in [2.24, 2.45) is 5.14 Å². The van der Waals surface area contributed by atoms with Gasteiger partial charge < -0.3 is 4.90 Å². The fraction of sp³-hybridized carbons (Fsp3) is 0.300. The fourth-order valence-electron chi connectivity index (χ4n) is 1.21. The third kappa shape index (κ3) is 3.42. The first kappa shape index (κ1) is 14.0. The van der Waals surface area contributed by atoms with Gasteiger partial charge in [0.15, 0.2) is 0 Å². The number of rotatable bonds is 3. The van der Waals surface area contributed by atoms with E-state index in [2.05, 4.69) is 0 Å². The summed E-state index contributed by atoms with van der Waals surface area (Å²) in [6.07, 6.45) is 0. The number of benzene rings is 1. The van der Waals surface area contributed by atoms with Crippen LogP contribution in [0.1, 0.15) is 17.3 Å². The summed E-state index contributed by atoms with van der Waals surface area (Å²) in [4.78, 5) is 13.1. The van der Waals surface area contributed by atoms with Crippen LogP contribution in [-0.4, -0.2) is 32.8 Å². The Morgan fingerprint density at radius 1 is 1.41 bits per heavy atom.